The molecule has 1 saturated heterocycles. The van der Waals surface area contributed by atoms with E-state index in [1.807, 2.05) is 13.1 Å². The van der Waals surface area contributed by atoms with Crippen LogP contribution in [0.2, 0.25) is 0 Å². The van der Waals surface area contributed by atoms with Gasteiger partial charge in [0.1, 0.15) is 0 Å². The molecule has 1 fully saturated rings. The molecule has 4 nitrogen and oxygen atoms in total. The molecule has 0 radical (unpaired) electrons. The molecule has 0 bridgehead atoms. The first-order valence-electron chi connectivity index (χ1n) is 6.78. The summed E-state index contributed by atoms with van der Waals surface area (Å²) in [4.78, 5) is 2.40. The highest BCUT2D eigenvalue weighted by atomic mass is 16.5. The summed E-state index contributed by atoms with van der Waals surface area (Å²) in [5.74, 6) is 1.57. The Balaban J connectivity index is 2.22. The largest absolute Gasteiger partial charge is 0.493 e. The number of benzene rings is 1. The predicted molar refractivity (Wildman–Crippen MR) is 78.5 cm³/mol. The lowest BCUT2D eigenvalue weighted by Crippen LogP contribution is -2.53. The maximum atomic E-state index is 5.38. The molecule has 0 amide bonds. The fraction of sp³-hybridized carbons (Fsp3) is 0.600. The number of piperidine rings is 1. The molecule has 1 N–H and O–H groups in total. The van der Waals surface area contributed by atoms with E-state index in [4.69, 9.17) is 9.47 Å². The first-order chi connectivity index (χ1) is 9.11. The van der Waals surface area contributed by atoms with Crippen LogP contribution in [0.5, 0.6) is 11.5 Å². The number of methoxy groups -OCH3 is 2. The molecule has 0 aliphatic carbocycles. The predicted octanol–water partition coefficient (Wildman–Crippen LogP) is 2.28. The second kappa shape index (κ2) is 5.70. The number of nitrogens with zero attached hydrogens (tertiary/aromatic N) is 1. The van der Waals surface area contributed by atoms with Crippen LogP contribution in [0, 0.1) is 0 Å². The Morgan fingerprint density at radius 2 is 1.95 bits per heavy atom. The minimum atomic E-state index is 0.186. The maximum absolute atomic E-state index is 5.38. The molecule has 0 saturated carbocycles. The Labute approximate surface area is 115 Å². The van der Waals surface area contributed by atoms with Crippen molar-refractivity contribution in [2.45, 2.75) is 25.3 Å². The summed E-state index contributed by atoms with van der Waals surface area (Å²) in [6.07, 6.45) is 2.42. The van der Waals surface area contributed by atoms with Gasteiger partial charge < -0.3 is 19.7 Å². The Bertz CT molecular complexity index is 436. The van der Waals surface area contributed by atoms with Crippen LogP contribution in [0.4, 0.5) is 5.69 Å². The van der Waals surface area contributed by atoms with Crippen LogP contribution in [-0.2, 0) is 0 Å². The van der Waals surface area contributed by atoms with Gasteiger partial charge in [-0.1, -0.05) is 0 Å². The monoisotopic (exact) mass is 264 g/mol. The standard InChI is InChI=1S/C15H24N2O2/c1-15(16-2)8-5-9-17(11-15)12-6-7-13(18-3)14(10-12)19-4/h6-7,10,16H,5,8-9,11H2,1-4H3. The van der Waals surface area contributed by atoms with E-state index in [-0.39, 0.29) is 5.54 Å². The highest BCUT2D eigenvalue weighted by Gasteiger charge is 2.29. The summed E-state index contributed by atoms with van der Waals surface area (Å²) in [6, 6.07) is 6.13. The average molecular weight is 264 g/mol. The molecule has 1 aromatic carbocycles. The Kier molecular flexibility index (Phi) is 4.20. The van der Waals surface area contributed by atoms with Crippen LogP contribution >= 0.6 is 0 Å². The lowest BCUT2D eigenvalue weighted by atomic mass is 9.91. The molecule has 1 aliphatic heterocycles. The number of nitrogens with one attached hydrogen (secondary N) is 1. The summed E-state index contributed by atoms with van der Waals surface area (Å²) < 4.78 is 10.7. The highest BCUT2D eigenvalue weighted by Crippen LogP contribution is 2.33. The van der Waals surface area contributed by atoms with Crippen LogP contribution in [0.1, 0.15) is 19.8 Å². The lowest BCUT2D eigenvalue weighted by molar-refractivity contribution is 0.315. The first-order valence-corrected chi connectivity index (χ1v) is 6.78. The van der Waals surface area contributed by atoms with Gasteiger partial charge >= 0.3 is 0 Å². The van der Waals surface area contributed by atoms with E-state index in [2.05, 4.69) is 29.3 Å². The van der Waals surface area contributed by atoms with Gasteiger partial charge in [0.2, 0.25) is 0 Å². The molecular weight excluding hydrogens is 240 g/mol. The van der Waals surface area contributed by atoms with Crippen molar-refractivity contribution in [3.8, 4) is 11.5 Å². The van der Waals surface area contributed by atoms with Gasteiger partial charge in [0.25, 0.3) is 0 Å². The normalized spacial score (nSPS) is 23.3. The molecule has 1 heterocycles. The Hall–Kier alpha value is -1.42. The van der Waals surface area contributed by atoms with Gasteiger partial charge in [-0.2, -0.15) is 0 Å². The van der Waals surface area contributed by atoms with E-state index in [1.54, 1.807) is 14.2 Å². The number of hydrogen-bond acceptors (Lipinski definition) is 4. The van der Waals surface area contributed by atoms with Crippen molar-refractivity contribution in [2.75, 3.05) is 39.3 Å². The molecule has 106 valence electrons. The van der Waals surface area contributed by atoms with Crippen molar-refractivity contribution in [1.82, 2.24) is 5.32 Å². The summed E-state index contributed by atoms with van der Waals surface area (Å²) in [6.45, 7) is 4.38. The zero-order valence-electron chi connectivity index (χ0n) is 12.3. The van der Waals surface area contributed by atoms with Crippen LogP contribution in [0.15, 0.2) is 18.2 Å². The minimum Gasteiger partial charge on any atom is -0.493 e. The third-order valence-corrected chi connectivity index (χ3v) is 4.03. The summed E-state index contributed by atoms with van der Waals surface area (Å²) >= 11 is 0. The molecule has 4 heteroatoms. The number of likely N-dealkylation sites (N-methyl/N-ethyl adjacent to an activating group) is 1. The summed E-state index contributed by atoms with van der Waals surface area (Å²) in [5.41, 5.74) is 1.38. The van der Waals surface area contributed by atoms with E-state index in [1.165, 1.54) is 18.5 Å². The van der Waals surface area contributed by atoms with Crippen molar-refractivity contribution in [2.24, 2.45) is 0 Å². The van der Waals surface area contributed by atoms with Gasteiger partial charge in [0, 0.05) is 30.4 Å². The number of hydrogen-bond donors (Lipinski definition) is 1. The van der Waals surface area contributed by atoms with E-state index >= 15 is 0 Å². The second-order valence-electron chi connectivity index (χ2n) is 5.38. The average Bonchev–Trinajstić information content (AvgIpc) is 2.46. The molecule has 2 rings (SSSR count). The molecule has 0 aromatic heterocycles. The van der Waals surface area contributed by atoms with E-state index in [0.29, 0.717) is 0 Å². The summed E-state index contributed by atoms with van der Waals surface area (Å²) in [7, 11) is 5.38. The third kappa shape index (κ3) is 2.95. The molecule has 1 aliphatic rings. The SMILES string of the molecule is CNC1(C)CCCN(c2ccc(OC)c(OC)c2)C1. The minimum absolute atomic E-state index is 0.186. The summed E-state index contributed by atoms with van der Waals surface area (Å²) in [5, 5.41) is 3.43. The third-order valence-electron chi connectivity index (χ3n) is 4.03. The Morgan fingerprint density at radius 1 is 1.21 bits per heavy atom. The van der Waals surface area contributed by atoms with Crippen molar-refractivity contribution in [3.63, 3.8) is 0 Å². The second-order valence-corrected chi connectivity index (χ2v) is 5.38. The molecule has 1 atom stereocenters. The van der Waals surface area contributed by atoms with Crippen LogP contribution in [0.25, 0.3) is 0 Å². The van der Waals surface area contributed by atoms with Gasteiger partial charge in [-0.25, -0.2) is 0 Å². The molecule has 19 heavy (non-hydrogen) atoms. The topological polar surface area (TPSA) is 33.7 Å². The van der Waals surface area contributed by atoms with E-state index in [9.17, 15) is 0 Å². The van der Waals surface area contributed by atoms with Gasteiger partial charge in [-0.05, 0) is 38.9 Å². The van der Waals surface area contributed by atoms with Crippen molar-refractivity contribution in [1.29, 1.82) is 0 Å². The van der Waals surface area contributed by atoms with Gasteiger partial charge in [0.15, 0.2) is 11.5 Å². The molecule has 1 unspecified atom stereocenters. The molecular formula is C15H24N2O2. The number of anilines is 1. The number of rotatable bonds is 4. The van der Waals surface area contributed by atoms with Gasteiger partial charge in [-0.3, -0.25) is 0 Å². The number of ether oxygens (including phenoxy) is 2. The fourth-order valence-corrected chi connectivity index (χ4v) is 2.69. The smallest absolute Gasteiger partial charge is 0.162 e. The van der Waals surface area contributed by atoms with E-state index in [0.717, 1.165) is 24.6 Å². The van der Waals surface area contributed by atoms with E-state index < -0.39 is 0 Å². The van der Waals surface area contributed by atoms with Crippen molar-refractivity contribution < 1.29 is 9.47 Å². The Morgan fingerprint density at radius 3 is 2.58 bits per heavy atom. The lowest BCUT2D eigenvalue weighted by Gasteiger charge is -2.41. The molecule has 0 spiro atoms. The van der Waals surface area contributed by atoms with Crippen LogP contribution in [-0.4, -0.2) is 39.9 Å². The maximum Gasteiger partial charge on any atom is 0.162 e. The van der Waals surface area contributed by atoms with Gasteiger partial charge in [0.05, 0.1) is 14.2 Å². The van der Waals surface area contributed by atoms with Gasteiger partial charge in [-0.15, -0.1) is 0 Å². The first kappa shape index (κ1) is 14.0. The van der Waals surface area contributed by atoms with Crippen molar-refractivity contribution >= 4 is 5.69 Å². The highest BCUT2D eigenvalue weighted by molar-refractivity contribution is 5.57. The molecule has 1 aromatic rings. The van der Waals surface area contributed by atoms with Crippen LogP contribution in [0.3, 0.4) is 0 Å². The quantitative estimate of drug-likeness (QED) is 0.904. The fourth-order valence-electron chi connectivity index (χ4n) is 2.69. The van der Waals surface area contributed by atoms with Crippen LogP contribution < -0.4 is 19.7 Å². The zero-order valence-corrected chi connectivity index (χ0v) is 12.3. The zero-order chi connectivity index (χ0) is 13.9. The van der Waals surface area contributed by atoms with Crippen molar-refractivity contribution in [3.05, 3.63) is 18.2 Å².